The molecular formula is C14H12BrClFNO. The maximum atomic E-state index is 13.1. The van der Waals surface area contributed by atoms with E-state index in [0.717, 1.165) is 10.0 Å². The number of ether oxygens (including phenoxy) is 1. The molecule has 0 fully saturated rings. The van der Waals surface area contributed by atoms with E-state index in [1.165, 1.54) is 18.2 Å². The molecule has 0 amide bonds. The van der Waals surface area contributed by atoms with Crippen LogP contribution in [0, 0.1) is 5.82 Å². The zero-order valence-electron chi connectivity index (χ0n) is 9.95. The molecule has 5 heteroatoms. The average Bonchev–Trinajstić information content (AvgIpc) is 2.41. The first kappa shape index (κ1) is 14.3. The molecule has 2 rings (SSSR count). The minimum absolute atomic E-state index is 0.0316. The lowest BCUT2D eigenvalue weighted by molar-refractivity contribution is 0.214. The monoisotopic (exact) mass is 343 g/mol. The van der Waals surface area contributed by atoms with Crippen molar-refractivity contribution in [3.8, 4) is 5.75 Å². The summed E-state index contributed by atoms with van der Waals surface area (Å²) in [6, 6.07) is 11.9. The number of hydrogen-bond donors (Lipinski definition) is 1. The number of benzene rings is 2. The molecule has 0 heterocycles. The molecule has 2 aromatic carbocycles. The first-order valence-electron chi connectivity index (χ1n) is 5.67. The van der Waals surface area contributed by atoms with Gasteiger partial charge in [0.25, 0.3) is 0 Å². The highest BCUT2D eigenvalue weighted by atomic mass is 79.9. The van der Waals surface area contributed by atoms with Crippen LogP contribution in [-0.4, -0.2) is 6.54 Å². The van der Waals surface area contributed by atoms with Gasteiger partial charge in [0.05, 0.1) is 5.02 Å². The first-order chi connectivity index (χ1) is 9.10. The van der Waals surface area contributed by atoms with Gasteiger partial charge < -0.3 is 10.5 Å². The van der Waals surface area contributed by atoms with E-state index in [1.54, 1.807) is 0 Å². The van der Waals surface area contributed by atoms with E-state index in [4.69, 9.17) is 22.1 Å². The Balaban J connectivity index is 2.18. The zero-order chi connectivity index (χ0) is 13.8. The third kappa shape index (κ3) is 3.69. The lowest BCUT2D eigenvalue weighted by Gasteiger charge is -2.18. The van der Waals surface area contributed by atoms with Gasteiger partial charge in [-0.15, -0.1) is 0 Å². The molecular weight excluding hydrogens is 333 g/mol. The summed E-state index contributed by atoms with van der Waals surface area (Å²) in [5.74, 6) is 0.0201. The molecule has 0 bridgehead atoms. The smallest absolute Gasteiger partial charge is 0.142 e. The van der Waals surface area contributed by atoms with Crippen molar-refractivity contribution in [2.24, 2.45) is 5.73 Å². The third-order valence-corrected chi connectivity index (χ3v) is 3.44. The van der Waals surface area contributed by atoms with E-state index < -0.39 is 5.82 Å². The maximum absolute atomic E-state index is 13.1. The summed E-state index contributed by atoms with van der Waals surface area (Å²) in [6.07, 6.45) is -0.297. The van der Waals surface area contributed by atoms with Crippen LogP contribution >= 0.6 is 27.5 Å². The molecule has 0 aliphatic rings. The van der Waals surface area contributed by atoms with Gasteiger partial charge in [0, 0.05) is 17.1 Å². The molecule has 1 unspecified atom stereocenters. The van der Waals surface area contributed by atoms with Crippen LogP contribution in [-0.2, 0) is 0 Å². The molecule has 100 valence electrons. The van der Waals surface area contributed by atoms with Crippen molar-refractivity contribution in [3.63, 3.8) is 0 Å². The molecule has 0 aromatic heterocycles. The normalized spacial score (nSPS) is 12.2. The third-order valence-electron chi connectivity index (χ3n) is 2.63. The van der Waals surface area contributed by atoms with E-state index in [-0.39, 0.29) is 11.1 Å². The quantitative estimate of drug-likeness (QED) is 0.896. The van der Waals surface area contributed by atoms with Crippen molar-refractivity contribution in [1.29, 1.82) is 0 Å². The van der Waals surface area contributed by atoms with Crippen molar-refractivity contribution < 1.29 is 9.13 Å². The van der Waals surface area contributed by atoms with E-state index in [1.807, 2.05) is 24.3 Å². The van der Waals surface area contributed by atoms with Gasteiger partial charge in [-0.1, -0.05) is 39.7 Å². The molecule has 0 spiro atoms. The Hall–Kier alpha value is -1.10. The lowest BCUT2D eigenvalue weighted by Crippen LogP contribution is -2.18. The minimum atomic E-state index is -0.470. The summed E-state index contributed by atoms with van der Waals surface area (Å²) in [5.41, 5.74) is 6.66. The topological polar surface area (TPSA) is 35.2 Å². The maximum Gasteiger partial charge on any atom is 0.142 e. The zero-order valence-corrected chi connectivity index (χ0v) is 12.3. The number of nitrogens with two attached hydrogens (primary N) is 1. The van der Waals surface area contributed by atoms with Crippen LogP contribution in [0.25, 0.3) is 0 Å². The van der Waals surface area contributed by atoms with E-state index in [0.29, 0.717) is 12.3 Å². The molecule has 0 saturated carbocycles. The fourth-order valence-corrected chi connectivity index (χ4v) is 2.08. The lowest BCUT2D eigenvalue weighted by atomic mass is 10.1. The Morgan fingerprint density at radius 1 is 1.21 bits per heavy atom. The van der Waals surface area contributed by atoms with Crippen molar-refractivity contribution in [3.05, 3.63) is 63.3 Å². The summed E-state index contributed by atoms with van der Waals surface area (Å²) in [6.45, 7) is 0.316. The second-order valence-corrected chi connectivity index (χ2v) is 5.29. The molecule has 0 radical (unpaired) electrons. The van der Waals surface area contributed by atoms with Crippen LogP contribution in [0.5, 0.6) is 5.75 Å². The summed E-state index contributed by atoms with van der Waals surface area (Å²) in [4.78, 5) is 0. The number of rotatable bonds is 4. The average molecular weight is 345 g/mol. The summed E-state index contributed by atoms with van der Waals surface area (Å²) in [5, 5.41) is 0.0316. The van der Waals surface area contributed by atoms with Crippen LogP contribution in [0.1, 0.15) is 11.7 Å². The molecule has 0 aliphatic heterocycles. The van der Waals surface area contributed by atoms with Crippen LogP contribution in [0.3, 0.4) is 0 Å². The predicted molar refractivity (Wildman–Crippen MR) is 78.0 cm³/mol. The fraction of sp³-hybridized carbons (Fsp3) is 0.143. The van der Waals surface area contributed by atoms with Gasteiger partial charge in [-0.3, -0.25) is 0 Å². The molecule has 2 nitrogen and oxygen atoms in total. The van der Waals surface area contributed by atoms with E-state index >= 15 is 0 Å². The van der Waals surface area contributed by atoms with Crippen molar-refractivity contribution in [2.75, 3.05) is 6.54 Å². The predicted octanol–water partition coefficient (Wildman–Crippen LogP) is 4.32. The van der Waals surface area contributed by atoms with Gasteiger partial charge in [0.2, 0.25) is 0 Å². The van der Waals surface area contributed by atoms with Crippen LogP contribution in [0.15, 0.2) is 46.9 Å². The Morgan fingerprint density at radius 2 is 1.89 bits per heavy atom. The Morgan fingerprint density at radius 3 is 2.47 bits per heavy atom. The summed E-state index contributed by atoms with van der Waals surface area (Å²) < 4.78 is 19.8. The highest BCUT2D eigenvalue weighted by Gasteiger charge is 2.12. The molecule has 2 N–H and O–H groups in total. The SMILES string of the molecule is NCC(Oc1ccc(F)c(Cl)c1)c1ccc(Br)cc1. The second kappa shape index (κ2) is 6.37. The van der Waals surface area contributed by atoms with Gasteiger partial charge in [-0.2, -0.15) is 0 Å². The van der Waals surface area contributed by atoms with Crippen molar-refractivity contribution in [1.82, 2.24) is 0 Å². The fourth-order valence-electron chi connectivity index (χ4n) is 1.64. The molecule has 0 saturated heterocycles. The van der Waals surface area contributed by atoms with Gasteiger partial charge >= 0.3 is 0 Å². The Bertz CT molecular complexity index is 562. The van der Waals surface area contributed by atoms with Crippen LogP contribution in [0.4, 0.5) is 4.39 Å². The van der Waals surface area contributed by atoms with Gasteiger partial charge in [-0.25, -0.2) is 4.39 Å². The second-order valence-electron chi connectivity index (χ2n) is 3.97. The van der Waals surface area contributed by atoms with E-state index in [9.17, 15) is 4.39 Å². The Labute approximate surface area is 124 Å². The van der Waals surface area contributed by atoms with Crippen LogP contribution < -0.4 is 10.5 Å². The minimum Gasteiger partial charge on any atom is -0.484 e. The Kier molecular flexibility index (Phi) is 4.80. The number of halogens is 3. The largest absolute Gasteiger partial charge is 0.484 e. The highest BCUT2D eigenvalue weighted by molar-refractivity contribution is 9.10. The van der Waals surface area contributed by atoms with E-state index in [2.05, 4.69) is 15.9 Å². The molecule has 19 heavy (non-hydrogen) atoms. The highest BCUT2D eigenvalue weighted by Crippen LogP contribution is 2.26. The standard InChI is InChI=1S/C14H12BrClFNO/c15-10-3-1-9(2-4-10)14(8-18)19-11-5-6-13(17)12(16)7-11/h1-7,14H,8,18H2. The van der Waals surface area contributed by atoms with Gasteiger partial charge in [-0.05, 0) is 29.8 Å². The molecule has 0 aliphatic carbocycles. The molecule has 2 aromatic rings. The molecule has 1 atom stereocenters. The summed E-state index contributed by atoms with van der Waals surface area (Å²) in [7, 11) is 0. The summed E-state index contributed by atoms with van der Waals surface area (Å²) >= 11 is 9.08. The van der Waals surface area contributed by atoms with Crippen LogP contribution in [0.2, 0.25) is 5.02 Å². The first-order valence-corrected chi connectivity index (χ1v) is 6.84. The number of hydrogen-bond acceptors (Lipinski definition) is 2. The van der Waals surface area contributed by atoms with Gasteiger partial charge in [0.15, 0.2) is 0 Å². The van der Waals surface area contributed by atoms with Crippen molar-refractivity contribution >= 4 is 27.5 Å². The van der Waals surface area contributed by atoms with Gasteiger partial charge in [0.1, 0.15) is 17.7 Å². The van der Waals surface area contributed by atoms with Crippen molar-refractivity contribution in [2.45, 2.75) is 6.10 Å².